The minimum Gasteiger partial charge on any atom is -0.0309 e. The molecule has 5 nitrogen and oxygen atoms in total. The quantitative estimate of drug-likeness (QED) is 0.183. The van der Waals surface area contributed by atoms with Crippen LogP contribution in [0.2, 0.25) is 0 Å². The molecule has 0 aromatic carbocycles. The largest absolute Gasteiger partial charge is 2.00 e. The van der Waals surface area contributed by atoms with E-state index < -0.39 is 0 Å². The maximum atomic E-state index is 7.50. The second-order valence-corrected chi connectivity index (χ2v) is 10.4. The molecule has 0 bridgehead atoms. The Labute approximate surface area is 216 Å². The molecule has 0 atom stereocenters. The zero-order valence-corrected chi connectivity index (χ0v) is 23.7. The Balaban J connectivity index is -0.0000000352. The molecule has 160 valence electrons. The van der Waals surface area contributed by atoms with E-state index in [4.69, 9.17) is 23.3 Å². The normalized spacial score (nSPS) is 12.7. The molecule has 2 rings (SSSR count). The van der Waals surface area contributed by atoms with Gasteiger partial charge in [-0.2, -0.15) is 0 Å². The summed E-state index contributed by atoms with van der Waals surface area (Å²) in [7, 11) is 0.759. The molecule has 0 N–H and O–H groups in total. The number of hydrogen-bond donors (Lipinski definition) is 0. The van der Waals surface area contributed by atoms with Crippen LogP contribution in [0.4, 0.5) is 0 Å². The van der Waals surface area contributed by atoms with Crippen molar-refractivity contribution in [3.05, 3.63) is 96.5 Å². The standard InChI is InChI=1S/C10H8.2C3H9P.5CO.2Mo/c1-2-6-9(5-1)10-7-3-4-8-10;2*1-4(2)3;5*1-2;;/h1-8H;2*1-3H3;;;;;;;/q;;;;;;;;;+2. The van der Waals surface area contributed by atoms with Crippen molar-refractivity contribution in [3.8, 4) is 0 Å². The Bertz CT molecular complexity index is 298. The predicted octanol–water partition coefficient (Wildman–Crippen LogP) is 4.32. The summed E-state index contributed by atoms with van der Waals surface area (Å²) < 4.78 is 37.5. The first-order valence-corrected chi connectivity index (χ1v) is 12.5. The van der Waals surface area contributed by atoms with Crippen molar-refractivity contribution in [1.29, 1.82) is 0 Å². The summed E-state index contributed by atoms with van der Waals surface area (Å²) >= 11 is 0. The van der Waals surface area contributed by atoms with Crippen molar-refractivity contribution in [2.75, 3.05) is 40.0 Å². The van der Waals surface area contributed by atoms with Crippen molar-refractivity contribution in [2.24, 2.45) is 0 Å². The molecule has 0 heterocycles. The van der Waals surface area contributed by atoms with Gasteiger partial charge >= 0.3 is 77.6 Å². The molecule has 2 aliphatic rings. The minimum absolute atomic E-state index is 0. The van der Waals surface area contributed by atoms with Gasteiger partial charge in [-0.25, -0.2) is 0 Å². The predicted molar refractivity (Wildman–Crippen MR) is 110 cm³/mol. The van der Waals surface area contributed by atoms with Crippen molar-refractivity contribution in [2.45, 2.75) is 0 Å². The van der Waals surface area contributed by atoms with Crippen LogP contribution in [0.25, 0.3) is 0 Å². The van der Waals surface area contributed by atoms with Gasteiger partial charge in [0.2, 0.25) is 0 Å². The van der Waals surface area contributed by atoms with Crippen molar-refractivity contribution in [3.63, 3.8) is 0 Å². The van der Waals surface area contributed by atoms with Crippen LogP contribution in [0, 0.1) is 96.5 Å². The van der Waals surface area contributed by atoms with E-state index in [-0.39, 0.29) is 42.1 Å². The molecule has 0 amide bonds. The summed E-state index contributed by atoms with van der Waals surface area (Å²) in [6.45, 7) is 35.9. The minimum atomic E-state index is 0. The van der Waals surface area contributed by atoms with Gasteiger partial charge in [-0.05, 0) is 103 Å². The van der Waals surface area contributed by atoms with Crippen LogP contribution in [0.5, 0.6) is 0 Å². The van der Waals surface area contributed by atoms with E-state index in [1.165, 1.54) is 11.8 Å². The molecule has 9 heteroatoms. The van der Waals surface area contributed by atoms with Gasteiger partial charge in [-0.15, -0.1) is 15.8 Å². The van der Waals surface area contributed by atoms with Crippen molar-refractivity contribution < 1.29 is 65.4 Å². The van der Waals surface area contributed by atoms with Crippen LogP contribution in [0.15, 0.2) is 0 Å². The molecule has 0 spiro atoms. The second kappa shape index (κ2) is 57.2. The maximum Gasteiger partial charge on any atom is 2.00 e. The maximum absolute atomic E-state index is 7.50. The molecular formula is C21H26Mo2O5P2+2. The van der Waals surface area contributed by atoms with E-state index >= 15 is 0 Å². The Hall–Kier alpha value is 0.937. The molecule has 10 radical (unpaired) electrons. The molecular weight excluding hydrogens is 586 g/mol. The molecule has 2 aliphatic carbocycles. The molecule has 2 saturated carbocycles. The summed E-state index contributed by atoms with van der Waals surface area (Å²) in [5.41, 5.74) is 0. The SMILES string of the molecule is CP(C)C.CP(C)C.[C-]#[O+].[C-]#[O+].[C-]#[O+].[C-]#[O+].[C-]#[O+].[CH]1[CH][CH][C]([C]2[CH][CH][CH][CH]2)[CH]1.[Mo+2].[Mo]. The second-order valence-electron chi connectivity index (χ2n) is 5.03. The first kappa shape index (κ1) is 52.7. The summed E-state index contributed by atoms with van der Waals surface area (Å²) in [5, 5.41) is 0. The van der Waals surface area contributed by atoms with Crippen molar-refractivity contribution in [1.82, 2.24) is 0 Å². The van der Waals surface area contributed by atoms with Crippen LogP contribution in [-0.4, -0.2) is 40.0 Å². The third kappa shape index (κ3) is 63.0. The zero-order chi connectivity index (χ0) is 24.0. The molecule has 0 unspecified atom stereocenters. The number of hydrogen-bond acceptors (Lipinski definition) is 0. The zero-order valence-electron chi connectivity index (χ0n) is 17.9. The van der Waals surface area contributed by atoms with Gasteiger partial charge in [-0.1, -0.05) is 0 Å². The summed E-state index contributed by atoms with van der Waals surface area (Å²) in [5.74, 6) is 2.62. The van der Waals surface area contributed by atoms with E-state index in [9.17, 15) is 0 Å². The van der Waals surface area contributed by atoms with Gasteiger partial charge in [0.1, 0.15) is 0 Å². The molecule has 0 saturated heterocycles. The van der Waals surface area contributed by atoms with Gasteiger partial charge in [0.05, 0.1) is 0 Å². The van der Waals surface area contributed by atoms with Crippen LogP contribution >= 0.6 is 15.8 Å². The van der Waals surface area contributed by atoms with Crippen LogP contribution < -0.4 is 0 Å². The van der Waals surface area contributed by atoms with Crippen LogP contribution in [0.1, 0.15) is 0 Å². The Kier molecular flexibility index (Phi) is 100. The van der Waals surface area contributed by atoms with E-state index in [1.54, 1.807) is 0 Å². The summed E-state index contributed by atoms with van der Waals surface area (Å²) in [6.07, 6.45) is 16.7. The first-order chi connectivity index (χ1) is 13.4. The van der Waals surface area contributed by atoms with Gasteiger partial charge in [-0.3, -0.25) is 0 Å². The third-order valence-corrected chi connectivity index (χ3v) is 1.66. The smallest absolute Gasteiger partial charge is 0.0309 e. The monoisotopic (exact) mass is 616 g/mol. The van der Waals surface area contributed by atoms with Gasteiger partial charge in [0.15, 0.2) is 0 Å². The summed E-state index contributed by atoms with van der Waals surface area (Å²) in [6, 6.07) is 0. The molecule has 2 fully saturated rings. The van der Waals surface area contributed by atoms with Crippen LogP contribution in [0.3, 0.4) is 0 Å². The first-order valence-electron chi connectivity index (χ1n) is 7.11. The van der Waals surface area contributed by atoms with Crippen LogP contribution in [-0.2, 0) is 65.4 Å². The van der Waals surface area contributed by atoms with Gasteiger partial charge in [0.25, 0.3) is 0 Å². The summed E-state index contributed by atoms with van der Waals surface area (Å²) in [4.78, 5) is 0. The van der Waals surface area contributed by atoms with E-state index in [1.807, 2.05) is 0 Å². The van der Waals surface area contributed by atoms with Gasteiger partial charge in [0, 0.05) is 21.1 Å². The molecule has 0 aromatic heterocycles. The molecule has 0 aromatic rings. The fourth-order valence-corrected chi connectivity index (χ4v) is 1.13. The average molecular weight is 612 g/mol. The van der Waals surface area contributed by atoms with Crippen molar-refractivity contribution >= 4 is 15.8 Å². The van der Waals surface area contributed by atoms with Gasteiger partial charge < -0.3 is 0 Å². The average Bonchev–Trinajstić information content (AvgIpc) is 3.43. The Morgan fingerprint density at radius 2 is 0.567 bits per heavy atom. The molecule has 30 heavy (non-hydrogen) atoms. The van der Waals surface area contributed by atoms with E-state index in [2.05, 4.69) is 125 Å². The molecule has 0 aliphatic heterocycles. The van der Waals surface area contributed by atoms with E-state index in [0.717, 1.165) is 0 Å². The third-order valence-electron chi connectivity index (χ3n) is 1.66. The Morgan fingerprint density at radius 3 is 0.667 bits per heavy atom. The Morgan fingerprint density at radius 1 is 0.467 bits per heavy atom. The number of rotatable bonds is 1. The fraction of sp³-hybridized carbons (Fsp3) is 0.286. The fourth-order valence-electron chi connectivity index (χ4n) is 1.13. The van der Waals surface area contributed by atoms with E-state index in [0.29, 0.717) is 15.8 Å². The topological polar surface area (TPSA) is 99.5 Å².